The summed E-state index contributed by atoms with van der Waals surface area (Å²) in [6, 6.07) is 10.9. The molecule has 86 valence electrons. The monoisotopic (exact) mass is 250 g/mol. The minimum absolute atomic E-state index is 0.359. The molecule has 17 heavy (non-hydrogen) atoms. The highest BCUT2D eigenvalue weighted by Gasteiger charge is 2.12. The van der Waals surface area contributed by atoms with Crippen LogP contribution < -0.4 is 0 Å². The zero-order chi connectivity index (χ0) is 12.4. The Bertz CT molecular complexity index is 581. The van der Waals surface area contributed by atoms with Crippen LogP contribution in [0.25, 0.3) is 11.1 Å². The van der Waals surface area contributed by atoms with Crippen LogP contribution in [0.5, 0.6) is 0 Å². The summed E-state index contributed by atoms with van der Waals surface area (Å²) in [5, 5.41) is 9.33. The van der Waals surface area contributed by atoms with E-state index in [1.807, 2.05) is 0 Å². The van der Waals surface area contributed by atoms with Crippen molar-refractivity contribution in [3.05, 3.63) is 58.9 Å². The minimum Gasteiger partial charge on any atom is -0.478 e. The van der Waals surface area contributed by atoms with E-state index in [2.05, 4.69) is 0 Å². The molecule has 4 heteroatoms. The second-order valence-corrected chi connectivity index (χ2v) is 3.89. The van der Waals surface area contributed by atoms with Crippen LogP contribution in [0.1, 0.15) is 10.4 Å². The van der Waals surface area contributed by atoms with Gasteiger partial charge in [-0.05, 0) is 23.8 Å². The molecule has 2 nitrogen and oxygen atoms in total. The van der Waals surface area contributed by atoms with Crippen molar-refractivity contribution in [3.8, 4) is 11.1 Å². The third kappa shape index (κ3) is 2.29. The summed E-state index contributed by atoms with van der Waals surface area (Å²) in [6.45, 7) is 0. The van der Waals surface area contributed by atoms with Gasteiger partial charge >= 0.3 is 5.97 Å². The van der Waals surface area contributed by atoms with Crippen molar-refractivity contribution in [2.24, 2.45) is 0 Å². The molecule has 0 amide bonds. The maximum Gasteiger partial charge on any atom is 0.338 e. The molecule has 1 N–H and O–H groups in total. The number of carbonyl (C=O) groups is 1. The first kappa shape index (κ1) is 11.6. The Kier molecular flexibility index (Phi) is 3.11. The number of benzene rings is 2. The zero-order valence-corrected chi connectivity index (χ0v) is 9.41. The fourth-order valence-electron chi connectivity index (χ4n) is 1.55. The zero-order valence-electron chi connectivity index (χ0n) is 8.65. The molecule has 2 aromatic rings. The van der Waals surface area contributed by atoms with E-state index in [0.29, 0.717) is 16.1 Å². The van der Waals surface area contributed by atoms with Crippen molar-refractivity contribution in [2.75, 3.05) is 0 Å². The van der Waals surface area contributed by atoms with Crippen LogP contribution in [0.2, 0.25) is 5.02 Å². The molecule has 0 aliphatic carbocycles. The second kappa shape index (κ2) is 4.55. The Morgan fingerprint density at radius 1 is 1.18 bits per heavy atom. The van der Waals surface area contributed by atoms with E-state index in [1.54, 1.807) is 24.3 Å². The molecule has 0 saturated heterocycles. The lowest BCUT2D eigenvalue weighted by molar-refractivity contribution is 0.0692. The molecular formula is C13H8ClFO2. The molecular weight excluding hydrogens is 243 g/mol. The molecule has 0 heterocycles. The Labute approximate surface area is 102 Å². The summed E-state index contributed by atoms with van der Waals surface area (Å²) in [7, 11) is 0. The summed E-state index contributed by atoms with van der Waals surface area (Å²) in [5.41, 5.74) is 0.897. The largest absolute Gasteiger partial charge is 0.478 e. The highest BCUT2D eigenvalue weighted by atomic mass is 35.5. The van der Waals surface area contributed by atoms with Gasteiger partial charge in [-0.25, -0.2) is 9.18 Å². The van der Waals surface area contributed by atoms with Gasteiger partial charge in [0.25, 0.3) is 0 Å². The number of halogens is 2. The van der Waals surface area contributed by atoms with Crippen LogP contribution in [-0.2, 0) is 0 Å². The highest BCUT2D eigenvalue weighted by Crippen LogP contribution is 2.28. The molecule has 0 aliphatic rings. The molecule has 0 atom stereocenters. The lowest BCUT2D eigenvalue weighted by Crippen LogP contribution is -2.00. The van der Waals surface area contributed by atoms with Crippen molar-refractivity contribution >= 4 is 17.6 Å². The van der Waals surface area contributed by atoms with E-state index in [1.165, 1.54) is 12.1 Å². The predicted octanol–water partition coefficient (Wildman–Crippen LogP) is 3.84. The van der Waals surface area contributed by atoms with Gasteiger partial charge in [0.1, 0.15) is 5.82 Å². The predicted molar refractivity (Wildman–Crippen MR) is 63.8 cm³/mol. The number of aromatic carboxylic acids is 1. The number of rotatable bonds is 2. The van der Waals surface area contributed by atoms with Gasteiger partial charge < -0.3 is 5.11 Å². The first-order chi connectivity index (χ1) is 8.09. The first-order valence-corrected chi connectivity index (χ1v) is 5.25. The number of carboxylic acids is 1. The fraction of sp³-hybridized carbons (Fsp3) is 0. The Morgan fingerprint density at radius 3 is 2.53 bits per heavy atom. The second-order valence-electron chi connectivity index (χ2n) is 3.48. The van der Waals surface area contributed by atoms with E-state index in [0.717, 1.165) is 6.07 Å². The van der Waals surface area contributed by atoms with Gasteiger partial charge in [-0.1, -0.05) is 35.9 Å². The number of hydrogen-bond donors (Lipinski definition) is 1. The number of hydrogen-bond acceptors (Lipinski definition) is 1. The molecule has 2 rings (SSSR count). The van der Waals surface area contributed by atoms with E-state index >= 15 is 0 Å². The normalized spacial score (nSPS) is 10.2. The molecule has 0 saturated carbocycles. The van der Waals surface area contributed by atoms with Crippen LogP contribution in [0.15, 0.2) is 42.5 Å². The van der Waals surface area contributed by atoms with Crippen LogP contribution in [0, 0.1) is 5.82 Å². The third-order valence-corrected chi connectivity index (χ3v) is 2.71. The van der Waals surface area contributed by atoms with Gasteiger partial charge in [0, 0.05) is 10.6 Å². The lowest BCUT2D eigenvalue weighted by Gasteiger charge is -2.06. The maximum absolute atomic E-state index is 13.2. The maximum atomic E-state index is 13.2. The molecule has 0 fully saturated rings. The Balaban J connectivity index is 2.58. The topological polar surface area (TPSA) is 37.3 Å². The smallest absolute Gasteiger partial charge is 0.338 e. The highest BCUT2D eigenvalue weighted by molar-refractivity contribution is 6.33. The van der Waals surface area contributed by atoms with Crippen LogP contribution >= 0.6 is 11.6 Å². The fourth-order valence-corrected chi connectivity index (χ4v) is 1.80. The van der Waals surface area contributed by atoms with E-state index in [9.17, 15) is 9.18 Å². The summed E-state index contributed by atoms with van der Waals surface area (Å²) < 4.78 is 13.2. The molecule has 0 aliphatic heterocycles. The first-order valence-electron chi connectivity index (χ1n) is 4.87. The summed E-state index contributed by atoms with van der Waals surface area (Å²) in [6.07, 6.45) is 0. The molecule has 2 aromatic carbocycles. The SMILES string of the molecule is O=C(O)c1cc(-c2ccccc2Cl)ccc1F. The number of carboxylic acid groups (broad SMARTS) is 1. The lowest BCUT2D eigenvalue weighted by atomic mass is 10.0. The quantitative estimate of drug-likeness (QED) is 0.879. The van der Waals surface area contributed by atoms with E-state index < -0.39 is 11.8 Å². The van der Waals surface area contributed by atoms with Crippen LogP contribution in [0.3, 0.4) is 0 Å². The van der Waals surface area contributed by atoms with Crippen molar-refractivity contribution < 1.29 is 14.3 Å². The molecule has 0 unspecified atom stereocenters. The van der Waals surface area contributed by atoms with Crippen LogP contribution in [0.4, 0.5) is 4.39 Å². The average Bonchev–Trinajstić information content (AvgIpc) is 2.30. The van der Waals surface area contributed by atoms with Crippen molar-refractivity contribution in [1.82, 2.24) is 0 Å². The van der Waals surface area contributed by atoms with Gasteiger partial charge in [-0.15, -0.1) is 0 Å². The van der Waals surface area contributed by atoms with Gasteiger partial charge in [-0.2, -0.15) is 0 Å². The van der Waals surface area contributed by atoms with Gasteiger partial charge in [0.2, 0.25) is 0 Å². The van der Waals surface area contributed by atoms with Gasteiger partial charge in [0.15, 0.2) is 0 Å². The van der Waals surface area contributed by atoms with E-state index in [4.69, 9.17) is 16.7 Å². The Hall–Kier alpha value is -1.87. The van der Waals surface area contributed by atoms with Crippen LogP contribution in [-0.4, -0.2) is 11.1 Å². The summed E-state index contributed by atoms with van der Waals surface area (Å²) in [5.74, 6) is -2.05. The standard InChI is InChI=1S/C13H8ClFO2/c14-11-4-2-1-3-9(11)8-5-6-12(15)10(7-8)13(16)17/h1-7H,(H,16,17). The van der Waals surface area contributed by atoms with Crippen molar-refractivity contribution in [3.63, 3.8) is 0 Å². The third-order valence-electron chi connectivity index (χ3n) is 2.38. The summed E-state index contributed by atoms with van der Waals surface area (Å²) in [4.78, 5) is 10.8. The van der Waals surface area contributed by atoms with Crippen molar-refractivity contribution in [1.29, 1.82) is 0 Å². The van der Waals surface area contributed by atoms with Gasteiger partial charge in [0.05, 0.1) is 5.56 Å². The molecule has 0 spiro atoms. The molecule has 0 aromatic heterocycles. The average molecular weight is 251 g/mol. The minimum atomic E-state index is -1.29. The van der Waals surface area contributed by atoms with Crippen molar-refractivity contribution in [2.45, 2.75) is 0 Å². The Morgan fingerprint density at radius 2 is 1.88 bits per heavy atom. The van der Waals surface area contributed by atoms with Gasteiger partial charge in [-0.3, -0.25) is 0 Å². The summed E-state index contributed by atoms with van der Waals surface area (Å²) >= 11 is 5.99. The molecule has 0 radical (unpaired) electrons. The molecule has 0 bridgehead atoms. The van der Waals surface area contributed by atoms with E-state index in [-0.39, 0.29) is 5.56 Å².